The third-order valence-corrected chi connectivity index (χ3v) is 8.38. The molecule has 0 unspecified atom stereocenters. The number of hydrogen-bond donors (Lipinski definition) is 1. The van der Waals surface area contributed by atoms with Gasteiger partial charge in [-0.2, -0.15) is 0 Å². The van der Waals surface area contributed by atoms with Crippen molar-refractivity contribution in [3.8, 4) is 16.9 Å². The van der Waals surface area contributed by atoms with Gasteiger partial charge in [0, 0.05) is 54.7 Å². The number of nitrogens with zero attached hydrogens (tertiary/aromatic N) is 1. The van der Waals surface area contributed by atoms with E-state index in [0.717, 1.165) is 66.2 Å². The van der Waals surface area contributed by atoms with Crippen LogP contribution in [0.5, 0.6) is 5.75 Å². The lowest BCUT2D eigenvalue weighted by Gasteiger charge is -2.37. The largest absolute Gasteiger partial charge is 0.491 e. The van der Waals surface area contributed by atoms with E-state index in [2.05, 4.69) is 22.9 Å². The standard InChI is InChI=1S/C38H50N2O7/c1-8-40(30-15-17-44-18-16-30)34-23-29(22-33(27(34)4)35(41)14-13-32-25(2)21-26(3)39-37(32)43)28-9-11-31(12-10-28)46-20-19-45-24-36(42)47-38(5,6)7/h9-12,21-23,30H,8,13-20,24H2,1-7H3,(H,39,43). The third-order valence-electron chi connectivity index (χ3n) is 8.38. The van der Waals surface area contributed by atoms with Crippen LogP contribution in [0.2, 0.25) is 0 Å². The number of carbonyl (C=O) groups is 2. The summed E-state index contributed by atoms with van der Waals surface area (Å²) in [5.41, 5.74) is 6.26. The highest BCUT2D eigenvalue weighted by Crippen LogP contribution is 2.35. The molecule has 0 atom stereocenters. The first-order chi connectivity index (χ1) is 22.4. The molecule has 0 amide bonds. The summed E-state index contributed by atoms with van der Waals surface area (Å²) in [6, 6.07) is 14.2. The second-order valence-corrected chi connectivity index (χ2v) is 13.2. The Labute approximate surface area is 278 Å². The molecular weight excluding hydrogens is 596 g/mol. The van der Waals surface area contributed by atoms with Crippen molar-refractivity contribution in [2.75, 3.05) is 44.5 Å². The molecule has 1 N–H and O–H groups in total. The Morgan fingerprint density at radius 2 is 1.68 bits per heavy atom. The molecule has 1 aliphatic rings. The van der Waals surface area contributed by atoms with Gasteiger partial charge in [0.15, 0.2) is 5.78 Å². The molecule has 0 radical (unpaired) electrons. The Morgan fingerprint density at radius 3 is 2.32 bits per heavy atom. The lowest BCUT2D eigenvalue weighted by Crippen LogP contribution is -2.40. The molecule has 1 fully saturated rings. The quantitative estimate of drug-likeness (QED) is 0.120. The highest BCUT2D eigenvalue weighted by molar-refractivity contribution is 6.00. The zero-order valence-corrected chi connectivity index (χ0v) is 29.0. The van der Waals surface area contributed by atoms with Crippen molar-refractivity contribution in [2.45, 2.75) is 85.8 Å². The fourth-order valence-corrected chi connectivity index (χ4v) is 6.13. The maximum Gasteiger partial charge on any atom is 0.332 e. The van der Waals surface area contributed by atoms with E-state index < -0.39 is 11.6 Å². The molecule has 1 saturated heterocycles. The second-order valence-electron chi connectivity index (χ2n) is 13.2. The predicted octanol–water partition coefficient (Wildman–Crippen LogP) is 6.53. The van der Waals surface area contributed by atoms with Crippen LogP contribution in [0.15, 0.2) is 47.3 Å². The summed E-state index contributed by atoms with van der Waals surface area (Å²) < 4.78 is 22.1. The minimum atomic E-state index is -0.550. The van der Waals surface area contributed by atoms with Crippen LogP contribution < -0.4 is 15.2 Å². The zero-order chi connectivity index (χ0) is 34.1. The number of Topliss-reactive ketones (excluding diaryl/α,β-unsaturated/α-hetero) is 1. The molecule has 47 heavy (non-hydrogen) atoms. The van der Waals surface area contributed by atoms with Gasteiger partial charge in [0.05, 0.1) is 6.61 Å². The molecular formula is C38H50N2O7. The first-order valence-corrected chi connectivity index (χ1v) is 16.6. The number of carbonyl (C=O) groups excluding carboxylic acids is 2. The van der Waals surface area contributed by atoms with Gasteiger partial charge in [-0.15, -0.1) is 0 Å². The third kappa shape index (κ3) is 10.0. The van der Waals surface area contributed by atoms with Crippen molar-refractivity contribution in [3.05, 3.63) is 80.8 Å². The van der Waals surface area contributed by atoms with Gasteiger partial charge in [-0.05, 0) is 120 Å². The number of aromatic amines is 1. The number of benzene rings is 2. The van der Waals surface area contributed by atoms with Crippen LogP contribution in [0.1, 0.15) is 79.7 Å². The van der Waals surface area contributed by atoms with Crippen LogP contribution in [0.3, 0.4) is 0 Å². The molecule has 1 aliphatic heterocycles. The van der Waals surface area contributed by atoms with Gasteiger partial charge in [0.2, 0.25) is 0 Å². The second kappa shape index (κ2) is 16.2. The number of ketones is 1. The average molecular weight is 647 g/mol. The molecule has 0 spiro atoms. The monoisotopic (exact) mass is 646 g/mol. The van der Waals surface area contributed by atoms with Gasteiger partial charge in [0.1, 0.15) is 24.6 Å². The summed E-state index contributed by atoms with van der Waals surface area (Å²) in [6.45, 7) is 16.1. The SMILES string of the molecule is CCN(c1cc(-c2ccc(OCCOCC(=O)OC(C)(C)C)cc2)cc(C(=O)CCc2c(C)cc(C)[nH]c2=O)c1C)C1CCOCC1. The number of esters is 1. The summed E-state index contributed by atoms with van der Waals surface area (Å²) >= 11 is 0. The Kier molecular flexibility index (Phi) is 12.4. The van der Waals surface area contributed by atoms with Crippen LogP contribution in [0.25, 0.3) is 11.1 Å². The van der Waals surface area contributed by atoms with E-state index in [9.17, 15) is 14.4 Å². The molecule has 254 valence electrons. The first-order valence-electron chi connectivity index (χ1n) is 16.6. The maximum absolute atomic E-state index is 13.9. The van der Waals surface area contributed by atoms with Crippen molar-refractivity contribution < 1.29 is 28.5 Å². The smallest absolute Gasteiger partial charge is 0.332 e. The van der Waals surface area contributed by atoms with E-state index in [4.69, 9.17) is 18.9 Å². The lowest BCUT2D eigenvalue weighted by atomic mass is 9.92. The Morgan fingerprint density at radius 1 is 0.979 bits per heavy atom. The number of anilines is 1. The summed E-state index contributed by atoms with van der Waals surface area (Å²) in [6.07, 6.45) is 2.49. The summed E-state index contributed by atoms with van der Waals surface area (Å²) in [7, 11) is 0. The molecule has 3 aromatic rings. The molecule has 4 rings (SSSR count). The van der Waals surface area contributed by atoms with Gasteiger partial charge >= 0.3 is 5.97 Å². The summed E-state index contributed by atoms with van der Waals surface area (Å²) in [5.74, 6) is 0.281. The van der Waals surface area contributed by atoms with Crippen LogP contribution in [-0.2, 0) is 25.4 Å². The van der Waals surface area contributed by atoms with Gasteiger partial charge in [-0.1, -0.05) is 12.1 Å². The number of H-pyrrole nitrogens is 1. The number of rotatable bonds is 14. The summed E-state index contributed by atoms with van der Waals surface area (Å²) in [4.78, 5) is 43.6. The molecule has 1 aromatic heterocycles. The van der Waals surface area contributed by atoms with Crippen LogP contribution in [-0.4, -0.2) is 68.0 Å². The van der Waals surface area contributed by atoms with E-state index in [1.807, 2.05) is 77.9 Å². The summed E-state index contributed by atoms with van der Waals surface area (Å²) in [5, 5.41) is 0. The van der Waals surface area contributed by atoms with Crippen molar-refractivity contribution in [2.24, 2.45) is 0 Å². The molecule has 9 heteroatoms. The fourth-order valence-electron chi connectivity index (χ4n) is 6.13. The van der Waals surface area contributed by atoms with Gasteiger partial charge in [-0.25, -0.2) is 4.79 Å². The average Bonchev–Trinajstić information content (AvgIpc) is 3.01. The normalized spacial score (nSPS) is 13.8. The lowest BCUT2D eigenvalue weighted by molar-refractivity contribution is -0.160. The number of nitrogens with one attached hydrogen (secondary N) is 1. The minimum Gasteiger partial charge on any atom is -0.491 e. The highest BCUT2D eigenvalue weighted by atomic mass is 16.6. The van der Waals surface area contributed by atoms with Crippen LogP contribution in [0.4, 0.5) is 5.69 Å². The van der Waals surface area contributed by atoms with Gasteiger partial charge < -0.3 is 28.8 Å². The molecule has 2 aromatic carbocycles. The Bertz CT molecular complexity index is 1580. The number of aryl methyl sites for hydroxylation is 2. The molecule has 0 bridgehead atoms. The minimum absolute atomic E-state index is 0.0133. The Balaban J connectivity index is 1.53. The Hall–Kier alpha value is -3.95. The van der Waals surface area contributed by atoms with Gasteiger partial charge in [-0.3, -0.25) is 9.59 Å². The van der Waals surface area contributed by atoms with E-state index in [-0.39, 0.29) is 37.6 Å². The number of pyridine rings is 1. The number of hydrogen-bond acceptors (Lipinski definition) is 8. The highest BCUT2D eigenvalue weighted by Gasteiger charge is 2.25. The topological polar surface area (TPSA) is 107 Å². The van der Waals surface area contributed by atoms with Crippen molar-refractivity contribution in [1.82, 2.24) is 4.98 Å². The van der Waals surface area contributed by atoms with Crippen LogP contribution >= 0.6 is 0 Å². The van der Waals surface area contributed by atoms with Crippen molar-refractivity contribution in [1.29, 1.82) is 0 Å². The van der Waals surface area contributed by atoms with E-state index in [0.29, 0.717) is 29.3 Å². The van der Waals surface area contributed by atoms with E-state index in [1.54, 1.807) is 0 Å². The number of ether oxygens (including phenoxy) is 4. The zero-order valence-electron chi connectivity index (χ0n) is 29.0. The van der Waals surface area contributed by atoms with Crippen molar-refractivity contribution in [3.63, 3.8) is 0 Å². The fraction of sp³-hybridized carbons (Fsp3) is 0.500. The van der Waals surface area contributed by atoms with E-state index in [1.165, 1.54) is 0 Å². The predicted molar refractivity (Wildman–Crippen MR) is 185 cm³/mol. The number of aromatic nitrogens is 1. The van der Waals surface area contributed by atoms with Gasteiger partial charge in [0.25, 0.3) is 5.56 Å². The molecule has 0 saturated carbocycles. The van der Waals surface area contributed by atoms with Crippen LogP contribution in [0, 0.1) is 20.8 Å². The molecule has 9 nitrogen and oxygen atoms in total. The molecule has 0 aliphatic carbocycles. The first kappa shape index (κ1) is 35.9. The van der Waals surface area contributed by atoms with Crippen molar-refractivity contribution >= 4 is 17.4 Å². The maximum atomic E-state index is 13.9. The molecule has 2 heterocycles. The van der Waals surface area contributed by atoms with E-state index >= 15 is 0 Å².